The summed E-state index contributed by atoms with van der Waals surface area (Å²) in [7, 11) is 1.38. The van der Waals surface area contributed by atoms with Crippen LogP contribution >= 0.6 is 11.8 Å². The number of β-lactam (4-membered cyclic amide) rings is 1. The highest BCUT2D eigenvalue weighted by Crippen LogP contribution is 2.52. The number of aliphatic hydroxyl groups excluding tert-OH is 1. The Hall–Kier alpha value is -3.85. The van der Waals surface area contributed by atoms with E-state index in [0.717, 1.165) is 0 Å². The van der Waals surface area contributed by atoms with Crippen molar-refractivity contribution in [2.45, 2.75) is 57.1 Å². The van der Waals surface area contributed by atoms with Crippen LogP contribution in [0, 0.1) is 17.8 Å². The zero-order chi connectivity index (χ0) is 33.7. The van der Waals surface area contributed by atoms with Crippen LogP contribution in [0.3, 0.4) is 0 Å². The van der Waals surface area contributed by atoms with Gasteiger partial charge in [0, 0.05) is 42.1 Å². The second kappa shape index (κ2) is 15.2. The van der Waals surface area contributed by atoms with Crippen molar-refractivity contribution in [3.63, 3.8) is 0 Å². The number of carbonyl (C=O) groups excluding carboxylic acids is 5. The lowest BCUT2D eigenvalue weighted by Gasteiger charge is -2.46. The average molecular weight is 663 g/mol. The van der Waals surface area contributed by atoms with Crippen molar-refractivity contribution in [3.8, 4) is 0 Å². The van der Waals surface area contributed by atoms with Gasteiger partial charge in [-0.2, -0.15) is 0 Å². The maximum atomic E-state index is 14.0. The number of rotatable bonds is 12. The summed E-state index contributed by atoms with van der Waals surface area (Å²) in [5.41, 5.74) is 0.583. The van der Waals surface area contributed by atoms with Crippen molar-refractivity contribution >= 4 is 47.3 Å². The smallest absolute Gasteiger partial charge is 0.410 e. The van der Waals surface area contributed by atoms with Crippen molar-refractivity contribution in [3.05, 3.63) is 35.9 Å². The Morgan fingerprint density at radius 1 is 1.13 bits per heavy atom. The number of piperidine rings is 1. The largest absolute Gasteiger partial charge is 0.465 e. The molecule has 46 heavy (non-hydrogen) atoms. The summed E-state index contributed by atoms with van der Waals surface area (Å²) in [5, 5.41) is 13.9. The van der Waals surface area contributed by atoms with Crippen LogP contribution in [0.15, 0.2) is 41.1 Å². The summed E-state index contributed by atoms with van der Waals surface area (Å²) in [6.07, 6.45) is 1.74. The minimum absolute atomic E-state index is 0.00464. The number of aliphatic hydroxyl groups is 1. The van der Waals surface area contributed by atoms with Crippen LogP contribution in [-0.4, -0.2) is 125 Å². The molecule has 0 aromatic heterocycles. The van der Waals surface area contributed by atoms with E-state index in [4.69, 9.17) is 19.0 Å². The highest BCUT2D eigenvalue weighted by Gasteiger charge is 2.60. The monoisotopic (exact) mass is 662 g/mol. The summed E-state index contributed by atoms with van der Waals surface area (Å²) in [6, 6.07) is -1.35. The highest BCUT2D eigenvalue weighted by atomic mass is 32.2. The van der Waals surface area contributed by atoms with Crippen LogP contribution in [-0.2, 0) is 38.2 Å². The summed E-state index contributed by atoms with van der Waals surface area (Å²) in [5.74, 6) is -3.73. The van der Waals surface area contributed by atoms with Gasteiger partial charge in [0.2, 0.25) is 11.8 Å². The Kier molecular flexibility index (Phi) is 11.5. The fourth-order valence-electron chi connectivity index (χ4n) is 6.52. The molecular weight excluding hydrogens is 620 g/mol. The van der Waals surface area contributed by atoms with Crippen LogP contribution in [0.5, 0.6) is 0 Å². The molecule has 0 aliphatic carbocycles. The topological polar surface area (TPSA) is 165 Å². The summed E-state index contributed by atoms with van der Waals surface area (Å²) >= 11 is 1.32. The molecule has 3 amide bonds. The van der Waals surface area contributed by atoms with Crippen molar-refractivity contribution in [1.29, 1.82) is 0 Å². The van der Waals surface area contributed by atoms with E-state index in [9.17, 15) is 29.1 Å². The molecule has 0 spiro atoms. The summed E-state index contributed by atoms with van der Waals surface area (Å²) < 4.78 is 15.9. The van der Waals surface area contributed by atoms with Gasteiger partial charge in [0.1, 0.15) is 38.0 Å². The predicted octanol–water partition coefficient (Wildman–Crippen LogP) is 1.70. The molecule has 0 aromatic carbocycles. The van der Waals surface area contributed by atoms with E-state index in [2.05, 4.69) is 18.3 Å². The molecule has 15 heteroatoms. The van der Waals surface area contributed by atoms with E-state index in [1.165, 1.54) is 45.7 Å². The van der Waals surface area contributed by atoms with Crippen molar-refractivity contribution in [1.82, 2.24) is 14.7 Å². The molecule has 4 rings (SSSR count). The van der Waals surface area contributed by atoms with E-state index >= 15 is 0 Å². The maximum absolute atomic E-state index is 14.0. The molecule has 0 aromatic rings. The number of thioether (sulfide) groups is 1. The molecule has 0 bridgehead atoms. The Bertz CT molecular complexity index is 1320. The quantitative estimate of drug-likeness (QED) is 0.106. The minimum atomic E-state index is -0.920. The molecule has 4 aliphatic rings. The first kappa shape index (κ1) is 35.0. The first-order valence-corrected chi connectivity index (χ1v) is 16.2. The van der Waals surface area contributed by atoms with Gasteiger partial charge < -0.3 is 34.0 Å². The number of fused-ring (bicyclic) bond motifs is 1. The van der Waals surface area contributed by atoms with Crippen molar-refractivity contribution in [2.75, 3.05) is 46.6 Å². The first-order valence-electron chi connectivity index (χ1n) is 15.3. The Labute approximate surface area is 272 Å². The van der Waals surface area contributed by atoms with Gasteiger partial charge in [-0.15, -0.1) is 11.8 Å². The minimum Gasteiger partial charge on any atom is -0.465 e. The van der Waals surface area contributed by atoms with Gasteiger partial charge in [-0.05, 0) is 20.3 Å². The number of oxime groups is 1. The number of nitrogens with zero attached hydrogens (tertiary/aromatic N) is 4. The van der Waals surface area contributed by atoms with Crippen LogP contribution < -0.4 is 0 Å². The van der Waals surface area contributed by atoms with Crippen molar-refractivity contribution in [2.24, 2.45) is 22.9 Å². The zero-order valence-electron chi connectivity index (χ0n) is 26.6. The molecule has 1 unspecified atom stereocenters. The molecule has 0 saturated carbocycles. The second-order valence-corrected chi connectivity index (χ2v) is 12.8. The lowest BCUT2D eigenvalue weighted by atomic mass is 9.79. The van der Waals surface area contributed by atoms with E-state index in [0.29, 0.717) is 10.6 Å². The van der Waals surface area contributed by atoms with E-state index in [1.54, 1.807) is 13.8 Å². The third kappa shape index (κ3) is 6.80. The molecule has 4 aliphatic heterocycles. The normalized spacial score (nSPS) is 28.8. The van der Waals surface area contributed by atoms with Gasteiger partial charge in [-0.25, -0.2) is 9.59 Å². The van der Waals surface area contributed by atoms with Gasteiger partial charge in [0.25, 0.3) is 0 Å². The van der Waals surface area contributed by atoms with Gasteiger partial charge >= 0.3 is 18.0 Å². The molecular formula is C31H42N4O10S. The third-order valence-electron chi connectivity index (χ3n) is 8.57. The second-order valence-electron chi connectivity index (χ2n) is 11.5. The number of amides is 3. The van der Waals surface area contributed by atoms with Crippen LogP contribution in [0.25, 0.3) is 0 Å². The summed E-state index contributed by atoms with van der Waals surface area (Å²) in [6.45, 7) is 12.7. The van der Waals surface area contributed by atoms with E-state index in [1.807, 2.05) is 6.92 Å². The van der Waals surface area contributed by atoms with Gasteiger partial charge in [0.15, 0.2) is 0 Å². The van der Waals surface area contributed by atoms with E-state index < -0.39 is 48.1 Å². The van der Waals surface area contributed by atoms with Crippen LogP contribution in [0.1, 0.15) is 33.6 Å². The molecule has 3 fully saturated rings. The average Bonchev–Trinajstić information content (AvgIpc) is 3.55. The maximum Gasteiger partial charge on any atom is 0.410 e. The number of esters is 2. The molecule has 14 nitrogen and oxygen atoms in total. The SMILES string of the molecule is C=CCOC(=O)C1=C(S[C@H]2C[C@@H](C(=O)N3CC/C(=N\OC)C(C(=O)OCC)C3)N(C(=O)OCC=C)C2)[C@H](C)[C@@H]2[C@@H]([C@@H](C)O)C(=O)N12. The number of likely N-dealkylation sites (tertiary alicyclic amines) is 2. The predicted molar refractivity (Wildman–Crippen MR) is 167 cm³/mol. The van der Waals surface area contributed by atoms with Crippen molar-refractivity contribution < 1.29 is 48.1 Å². The molecule has 4 heterocycles. The standard InChI is InChI=1S/C31H42N4O10S/c1-7-12-44-30(40)25-26(17(4)24-23(18(5)36)28(38)35(24)25)46-19-14-22(34(15-19)31(41)45-13-8-2)27(37)33-11-10-21(32-42-6)20(16-33)29(39)43-9-3/h7-8,17-20,22-24,36H,1-2,9-16H2,3-6H3/b32-21+/t17-,18-,19+,20?,22+,23-,24-/m1/s1. The molecule has 1 N–H and O–H groups in total. The fourth-order valence-corrected chi connectivity index (χ4v) is 8.04. The number of carbonyl (C=O) groups is 5. The van der Waals surface area contributed by atoms with Crippen LogP contribution in [0.4, 0.5) is 4.79 Å². The molecule has 0 radical (unpaired) electrons. The Balaban J connectivity index is 1.60. The zero-order valence-corrected chi connectivity index (χ0v) is 27.4. The first-order chi connectivity index (χ1) is 22.0. The number of hydrogen-bond donors (Lipinski definition) is 1. The highest BCUT2D eigenvalue weighted by molar-refractivity contribution is 8.03. The van der Waals surface area contributed by atoms with Gasteiger partial charge in [-0.3, -0.25) is 19.3 Å². The molecule has 7 atom stereocenters. The lowest BCUT2D eigenvalue weighted by Crippen LogP contribution is -2.63. The van der Waals surface area contributed by atoms with Crippen LogP contribution in [0.2, 0.25) is 0 Å². The van der Waals surface area contributed by atoms with E-state index in [-0.39, 0.29) is 81.0 Å². The van der Waals surface area contributed by atoms with Gasteiger partial charge in [-0.1, -0.05) is 37.4 Å². The third-order valence-corrected chi connectivity index (χ3v) is 10.1. The summed E-state index contributed by atoms with van der Waals surface area (Å²) in [4.78, 5) is 76.0. The number of hydrogen-bond acceptors (Lipinski definition) is 12. The molecule has 3 saturated heterocycles. The van der Waals surface area contributed by atoms with Gasteiger partial charge in [0.05, 0.1) is 30.4 Å². The Morgan fingerprint density at radius 3 is 2.46 bits per heavy atom. The fraction of sp³-hybridized carbons (Fsp3) is 0.613. The number of ether oxygens (including phenoxy) is 3. The lowest BCUT2D eigenvalue weighted by molar-refractivity contribution is -0.164. The molecule has 252 valence electrons. The Morgan fingerprint density at radius 2 is 1.83 bits per heavy atom.